The Kier molecular flexibility index (Phi) is 4.67. The predicted octanol–water partition coefficient (Wildman–Crippen LogP) is 5.10. The summed E-state index contributed by atoms with van der Waals surface area (Å²) in [6.07, 6.45) is 0. The van der Waals surface area contributed by atoms with E-state index in [9.17, 15) is 10.1 Å². The van der Waals surface area contributed by atoms with Gasteiger partial charge in [0.25, 0.3) is 0 Å². The Balaban J connectivity index is 2.46. The van der Waals surface area contributed by atoms with Crippen LogP contribution in [0.15, 0.2) is 36.4 Å². The fraction of sp³-hybridized carbons (Fsp3) is 0.176. The summed E-state index contributed by atoms with van der Waals surface area (Å²) in [6, 6.07) is 12.4. The van der Waals surface area contributed by atoms with E-state index >= 15 is 0 Å². The Labute approximate surface area is 133 Å². The summed E-state index contributed by atoms with van der Waals surface area (Å²) < 4.78 is 0. The van der Waals surface area contributed by atoms with Crippen LogP contribution < -0.4 is 0 Å². The first-order valence-electron chi connectivity index (χ1n) is 6.40. The van der Waals surface area contributed by atoms with Gasteiger partial charge in [-0.05, 0) is 42.7 Å². The van der Waals surface area contributed by atoms with Gasteiger partial charge in [0.15, 0.2) is 5.78 Å². The summed E-state index contributed by atoms with van der Waals surface area (Å²) in [6.45, 7) is 3.82. The zero-order valence-corrected chi connectivity index (χ0v) is 13.2. The van der Waals surface area contributed by atoms with Crippen LogP contribution in [0.25, 0.3) is 0 Å². The van der Waals surface area contributed by atoms with Gasteiger partial charge >= 0.3 is 0 Å². The van der Waals surface area contributed by atoms with Gasteiger partial charge in [-0.25, -0.2) is 0 Å². The fourth-order valence-corrected chi connectivity index (χ4v) is 2.46. The third-order valence-electron chi connectivity index (χ3n) is 3.54. The van der Waals surface area contributed by atoms with Crippen molar-refractivity contribution < 1.29 is 4.79 Å². The van der Waals surface area contributed by atoms with Crippen molar-refractivity contribution in [3.8, 4) is 6.07 Å². The molecule has 21 heavy (non-hydrogen) atoms. The van der Waals surface area contributed by atoms with Crippen molar-refractivity contribution in [1.29, 1.82) is 5.26 Å². The second-order valence-electron chi connectivity index (χ2n) is 4.85. The summed E-state index contributed by atoms with van der Waals surface area (Å²) >= 11 is 11.8. The van der Waals surface area contributed by atoms with Crippen LogP contribution in [0.2, 0.25) is 10.0 Å². The lowest BCUT2D eigenvalue weighted by atomic mass is 9.89. The van der Waals surface area contributed by atoms with Crippen molar-refractivity contribution in [3.63, 3.8) is 0 Å². The molecule has 106 valence electrons. The summed E-state index contributed by atoms with van der Waals surface area (Å²) in [7, 11) is 0. The Morgan fingerprint density at radius 3 is 2.48 bits per heavy atom. The maximum atomic E-state index is 12.6. The molecule has 0 aliphatic heterocycles. The third kappa shape index (κ3) is 3.10. The van der Waals surface area contributed by atoms with E-state index in [1.807, 2.05) is 26.0 Å². The number of halogens is 2. The number of nitriles is 1. The topological polar surface area (TPSA) is 40.9 Å². The van der Waals surface area contributed by atoms with Gasteiger partial charge in [0.1, 0.15) is 5.92 Å². The Bertz CT molecular complexity index is 747. The average molecular weight is 318 g/mol. The van der Waals surface area contributed by atoms with Crippen LogP contribution in [0, 0.1) is 25.2 Å². The molecule has 0 radical (unpaired) electrons. The molecule has 4 heteroatoms. The molecule has 1 atom stereocenters. The molecule has 0 saturated carbocycles. The molecule has 0 aliphatic carbocycles. The van der Waals surface area contributed by atoms with Crippen LogP contribution in [-0.2, 0) is 0 Å². The van der Waals surface area contributed by atoms with Crippen molar-refractivity contribution in [3.05, 3.63) is 68.7 Å². The van der Waals surface area contributed by atoms with Gasteiger partial charge in [0, 0.05) is 5.56 Å². The lowest BCUT2D eigenvalue weighted by molar-refractivity contribution is 0.0978. The number of hydrogen-bond donors (Lipinski definition) is 0. The number of carbonyl (C=O) groups excluding carboxylic acids is 1. The molecular formula is C17H13Cl2NO. The molecule has 0 saturated heterocycles. The number of Topliss-reactive ketones (excluding diaryl/α,β-unsaturated/α-hetero) is 1. The van der Waals surface area contributed by atoms with Crippen molar-refractivity contribution in [2.75, 3.05) is 0 Å². The minimum absolute atomic E-state index is 0.225. The molecule has 2 rings (SSSR count). The maximum absolute atomic E-state index is 12.6. The molecule has 1 unspecified atom stereocenters. The number of carbonyl (C=O) groups is 1. The minimum atomic E-state index is -0.889. The van der Waals surface area contributed by atoms with E-state index in [2.05, 4.69) is 6.07 Å². The minimum Gasteiger partial charge on any atom is -0.292 e. The van der Waals surface area contributed by atoms with E-state index in [0.717, 1.165) is 11.1 Å². The van der Waals surface area contributed by atoms with Gasteiger partial charge in [0.05, 0.1) is 16.1 Å². The van der Waals surface area contributed by atoms with Crippen molar-refractivity contribution in [2.45, 2.75) is 19.8 Å². The Morgan fingerprint density at radius 1 is 1.14 bits per heavy atom. The predicted molar refractivity (Wildman–Crippen MR) is 85.1 cm³/mol. The third-order valence-corrected chi connectivity index (χ3v) is 4.28. The molecule has 0 aliphatic rings. The van der Waals surface area contributed by atoms with E-state index in [4.69, 9.17) is 23.2 Å². The lowest BCUT2D eigenvalue weighted by Crippen LogP contribution is -2.13. The molecular weight excluding hydrogens is 305 g/mol. The summed E-state index contributed by atoms with van der Waals surface area (Å²) in [4.78, 5) is 12.6. The van der Waals surface area contributed by atoms with E-state index in [1.165, 1.54) is 0 Å². The molecule has 0 aromatic heterocycles. The van der Waals surface area contributed by atoms with Crippen LogP contribution in [0.5, 0.6) is 0 Å². The quantitative estimate of drug-likeness (QED) is 0.739. The number of hydrogen-bond acceptors (Lipinski definition) is 2. The van der Waals surface area contributed by atoms with Gasteiger partial charge < -0.3 is 0 Å². The van der Waals surface area contributed by atoms with Crippen LogP contribution in [0.1, 0.15) is 33.0 Å². The molecule has 2 aromatic rings. The van der Waals surface area contributed by atoms with Gasteiger partial charge in [-0.2, -0.15) is 5.26 Å². The zero-order valence-electron chi connectivity index (χ0n) is 11.7. The number of aryl methyl sites for hydroxylation is 1. The standard InChI is InChI=1S/C17H13Cl2NO/c1-10-4-3-5-13(11(10)2)17(21)14(9-20)12-6-7-15(18)16(19)8-12/h3-8,14H,1-2H3. The van der Waals surface area contributed by atoms with Crippen molar-refractivity contribution in [1.82, 2.24) is 0 Å². The fourth-order valence-electron chi connectivity index (χ4n) is 2.15. The van der Waals surface area contributed by atoms with Crippen LogP contribution >= 0.6 is 23.2 Å². The van der Waals surface area contributed by atoms with Crippen LogP contribution in [0.4, 0.5) is 0 Å². The van der Waals surface area contributed by atoms with Gasteiger partial charge in [0.2, 0.25) is 0 Å². The highest BCUT2D eigenvalue weighted by molar-refractivity contribution is 6.42. The maximum Gasteiger partial charge on any atom is 0.184 e. The largest absolute Gasteiger partial charge is 0.292 e. The van der Waals surface area contributed by atoms with E-state index in [1.54, 1.807) is 24.3 Å². The van der Waals surface area contributed by atoms with E-state index in [0.29, 0.717) is 21.2 Å². The highest BCUT2D eigenvalue weighted by Gasteiger charge is 2.24. The highest BCUT2D eigenvalue weighted by Crippen LogP contribution is 2.29. The molecule has 0 amide bonds. The first-order valence-corrected chi connectivity index (χ1v) is 7.16. The van der Waals surface area contributed by atoms with Crippen LogP contribution in [0.3, 0.4) is 0 Å². The SMILES string of the molecule is Cc1cccc(C(=O)C(C#N)c2ccc(Cl)c(Cl)c2)c1C. The molecule has 0 heterocycles. The number of benzene rings is 2. The second kappa shape index (κ2) is 6.30. The number of nitrogens with zero attached hydrogens (tertiary/aromatic N) is 1. The van der Waals surface area contributed by atoms with Gasteiger partial charge in [-0.15, -0.1) is 0 Å². The first-order chi connectivity index (χ1) is 9.95. The molecule has 2 aromatic carbocycles. The number of rotatable bonds is 3. The summed E-state index contributed by atoms with van der Waals surface area (Å²) in [5, 5.41) is 10.1. The van der Waals surface area contributed by atoms with Crippen molar-refractivity contribution in [2.24, 2.45) is 0 Å². The highest BCUT2D eigenvalue weighted by atomic mass is 35.5. The first kappa shape index (κ1) is 15.6. The Morgan fingerprint density at radius 2 is 1.86 bits per heavy atom. The summed E-state index contributed by atoms with van der Waals surface area (Å²) in [5.74, 6) is -1.11. The lowest BCUT2D eigenvalue weighted by Gasteiger charge is -2.12. The second-order valence-corrected chi connectivity index (χ2v) is 5.66. The monoisotopic (exact) mass is 317 g/mol. The normalized spacial score (nSPS) is 11.8. The average Bonchev–Trinajstić information content (AvgIpc) is 2.46. The van der Waals surface area contributed by atoms with Crippen molar-refractivity contribution >= 4 is 29.0 Å². The smallest absolute Gasteiger partial charge is 0.184 e. The number of ketones is 1. The molecule has 0 bridgehead atoms. The zero-order chi connectivity index (χ0) is 15.6. The molecule has 0 N–H and O–H groups in total. The summed E-state index contributed by atoms with van der Waals surface area (Å²) in [5.41, 5.74) is 3.03. The van der Waals surface area contributed by atoms with E-state index in [-0.39, 0.29) is 5.78 Å². The van der Waals surface area contributed by atoms with Crippen LogP contribution in [-0.4, -0.2) is 5.78 Å². The Hall–Kier alpha value is -1.82. The molecule has 0 fully saturated rings. The molecule has 0 spiro atoms. The van der Waals surface area contributed by atoms with E-state index < -0.39 is 5.92 Å². The van der Waals surface area contributed by atoms with Gasteiger partial charge in [-0.3, -0.25) is 4.79 Å². The molecule has 2 nitrogen and oxygen atoms in total. The van der Waals surface area contributed by atoms with Gasteiger partial charge in [-0.1, -0.05) is 47.5 Å².